The molecular formula is C19H25N5OS. The van der Waals surface area contributed by atoms with Gasteiger partial charge < -0.3 is 15.8 Å². The number of thiophene rings is 1. The zero-order valence-electron chi connectivity index (χ0n) is 15.1. The van der Waals surface area contributed by atoms with Gasteiger partial charge in [0.2, 0.25) is 11.8 Å². The van der Waals surface area contributed by atoms with Crippen molar-refractivity contribution in [2.24, 2.45) is 10.7 Å². The topological polar surface area (TPSA) is 85.4 Å². The lowest BCUT2D eigenvalue weighted by atomic mass is 9.98. The molecule has 0 unspecified atom stereocenters. The smallest absolute Gasteiger partial charge is 0.232 e. The summed E-state index contributed by atoms with van der Waals surface area (Å²) in [4.78, 5) is 15.9. The van der Waals surface area contributed by atoms with E-state index in [1.165, 1.54) is 42.3 Å². The van der Waals surface area contributed by atoms with Crippen molar-refractivity contribution >= 4 is 33.7 Å². The van der Waals surface area contributed by atoms with Crippen LogP contribution in [0.3, 0.4) is 0 Å². The Morgan fingerprint density at radius 2 is 2.08 bits per heavy atom. The molecule has 0 radical (unpaired) electrons. The lowest BCUT2D eigenvalue weighted by molar-refractivity contribution is 0.151. The van der Waals surface area contributed by atoms with Gasteiger partial charge in [0.1, 0.15) is 10.9 Å². The molecule has 26 heavy (non-hydrogen) atoms. The molecule has 1 saturated carbocycles. The van der Waals surface area contributed by atoms with Crippen LogP contribution >= 0.6 is 11.3 Å². The number of nitrogens with zero attached hydrogens (tertiary/aromatic N) is 3. The predicted octanol–water partition coefficient (Wildman–Crippen LogP) is 3.80. The molecule has 138 valence electrons. The standard InChI is InChI=1S/C19H25N5OS/c1-21-11-12(10-20)22-19-23-17(25-13-6-3-2-4-7-13)16-14-8-5-9-15(14)26-18(16)24-19/h10-11,13H,2-9,20H2,1H3,(H,22,23,24)/b12-10+,21-11?. The molecule has 0 amide bonds. The predicted molar refractivity (Wildman–Crippen MR) is 107 cm³/mol. The summed E-state index contributed by atoms with van der Waals surface area (Å²) in [5.41, 5.74) is 7.73. The molecule has 1 fully saturated rings. The number of hydrogen-bond donors (Lipinski definition) is 2. The molecule has 0 atom stereocenters. The molecule has 2 aromatic rings. The van der Waals surface area contributed by atoms with E-state index in [1.54, 1.807) is 24.6 Å². The second-order valence-corrected chi connectivity index (χ2v) is 7.99. The van der Waals surface area contributed by atoms with Gasteiger partial charge in [0.15, 0.2) is 0 Å². The SMILES string of the molecule is CN=C/C(=C\N)Nc1nc(OC2CCCCC2)c2c3c(sc2n1)CCC3. The molecule has 0 saturated heterocycles. The van der Waals surface area contributed by atoms with Gasteiger partial charge in [-0.05, 0) is 50.5 Å². The maximum absolute atomic E-state index is 6.40. The molecule has 2 aromatic heterocycles. The zero-order chi connectivity index (χ0) is 17.9. The van der Waals surface area contributed by atoms with E-state index >= 15 is 0 Å². The van der Waals surface area contributed by atoms with Gasteiger partial charge in [-0.2, -0.15) is 4.98 Å². The van der Waals surface area contributed by atoms with Gasteiger partial charge in [-0.1, -0.05) is 6.42 Å². The van der Waals surface area contributed by atoms with Crippen LogP contribution in [0.1, 0.15) is 49.0 Å². The third-order valence-electron chi connectivity index (χ3n) is 5.07. The van der Waals surface area contributed by atoms with E-state index in [4.69, 9.17) is 20.4 Å². The van der Waals surface area contributed by atoms with Gasteiger partial charge in [-0.25, -0.2) is 4.98 Å². The number of hydrogen-bond acceptors (Lipinski definition) is 7. The number of allylic oxidation sites excluding steroid dienone is 1. The third-order valence-corrected chi connectivity index (χ3v) is 6.25. The van der Waals surface area contributed by atoms with E-state index in [-0.39, 0.29) is 6.10 Å². The monoisotopic (exact) mass is 371 g/mol. The molecule has 7 heteroatoms. The highest BCUT2D eigenvalue weighted by atomic mass is 32.1. The molecule has 0 aliphatic heterocycles. The third kappa shape index (κ3) is 3.40. The normalized spacial score (nSPS) is 18.6. The van der Waals surface area contributed by atoms with Crippen LogP contribution in [-0.4, -0.2) is 29.3 Å². The van der Waals surface area contributed by atoms with Crippen molar-refractivity contribution in [1.82, 2.24) is 9.97 Å². The summed E-state index contributed by atoms with van der Waals surface area (Å²) >= 11 is 1.77. The van der Waals surface area contributed by atoms with Crippen LogP contribution in [0, 0.1) is 0 Å². The number of anilines is 1. The summed E-state index contributed by atoms with van der Waals surface area (Å²) in [5.74, 6) is 1.24. The Morgan fingerprint density at radius 3 is 2.85 bits per heavy atom. The molecule has 2 aliphatic carbocycles. The quantitative estimate of drug-likeness (QED) is 0.781. The molecule has 2 heterocycles. The van der Waals surface area contributed by atoms with Crippen LogP contribution < -0.4 is 15.8 Å². The Labute approximate surface area is 157 Å². The maximum Gasteiger partial charge on any atom is 0.232 e. The number of aliphatic imine (C=N–C) groups is 1. The number of fused-ring (bicyclic) bond motifs is 3. The molecule has 3 N–H and O–H groups in total. The van der Waals surface area contributed by atoms with Crippen molar-refractivity contribution in [2.75, 3.05) is 12.4 Å². The molecule has 2 aliphatic rings. The average molecular weight is 372 g/mol. The van der Waals surface area contributed by atoms with Crippen molar-refractivity contribution in [2.45, 2.75) is 57.5 Å². The first-order valence-electron chi connectivity index (χ1n) is 9.38. The number of nitrogens with two attached hydrogens (primary N) is 1. The molecule has 0 aromatic carbocycles. The summed E-state index contributed by atoms with van der Waals surface area (Å²) in [6.45, 7) is 0. The minimum atomic E-state index is 0.258. The van der Waals surface area contributed by atoms with Crippen molar-refractivity contribution in [1.29, 1.82) is 0 Å². The summed E-state index contributed by atoms with van der Waals surface area (Å²) < 4.78 is 6.40. The molecule has 0 spiro atoms. The highest BCUT2D eigenvalue weighted by Crippen LogP contribution is 2.41. The van der Waals surface area contributed by atoms with Gasteiger partial charge in [0, 0.05) is 24.3 Å². The molecule has 6 nitrogen and oxygen atoms in total. The van der Waals surface area contributed by atoms with Crippen molar-refractivity contribution in [3.05, 3.63) is 22.3 Å². The van der Waals surface area contributed by atoms with E-state index in [0.717, 1.165) is 41.8 Å². The Bertz CT molecular complexity index is 851. The van der Waals surface area contributed by atoms with Crippen LogP contribution in [0.4, 0.5) is 5.95 Å². The Balaban J connectivity index is 1.72. The summed E-state index contributed by atoms with van der Waals surface area (Å²) in [6, 6.07) is 0. The summed E-state index contributed by atoms with van der Waals surface area (Å²) in [6.07, 6.45) is 12.8. The fourth-order valence-corrected chi connectivity index (χ4v) is 5.08. The van der Waals surface area contributed by atoms with Crippen LogP contribution in [-0.2, 0) is 12.8 Å². The van der Waals surface area contributed by atoms with Gasteiger partial charge in [-0.3, -0.25) is 4.99 Å². The molecular weight excluding hydrogens is 346 g/mol. The van der Waals surface area contributed by atoms with E-state index in [1.807, 2.05) is 0 Å². The van der Waals surface area contributed by atoms with Crippen LogP contribution in [0.15, 0.2) is 16.9 Å². The van der Waals surface area contributed by atoms with Crippen molar-refractivity contribution in [3.63, 3.8) is 0 Å². The summed E-state index contributed by atoms with van der Waals surface area (Å²) in [7, 11) is 1.71. The maximum atomic E-state index is 6.40. The Hall–Kier alpha value is -2.15. The minimum Gasteiger partial charge on any atom is -0.474 e. The van der Waals surface area contributed by atoms with Crippen molar-refractivity contribution < 1.29 is 4.74 Å². The number of rotatable bonds is 5. The fourth-order valence-electron chi connectivity index (χ4n) is 3.83. The van der Waals surface area contributed by atoms with Gasteiger partial charge in [-0.15, -0.1) is 11.3 Å². The number of ether oxygens (including phenoxy) is 1. The Morgan fingerprint density at radius 1 is 1.23 bits per heavy atom. The van der Waals surface area contributed by atoms with E-state index < -0.39 is 0 Å². The largest absolute Gasteiger partial charge is 0.474 e. The van der Waals surface area contributed by atoms with E-state index in [0.29, 0.717) is 11.6 Å². The number of aromatic nitrogens is 2. The highest BCUT2D eigenvalue weighted by Gasteiger charge is 2.25. The zero-order valence-corrected chi connectivity index (χ0v) is 15.9. The van der Waals surface area contributed by atoms with Gasteiger partial charge >= 0.3 is 0 Å². The van der Waals surface area contributed by atoms with E-state index in [9.17, 15) is 0 Å². The first-order valence-corrected chi connectivity index (χ1v) is 10.2. The molecule has 4 rings (SSSR count). The van der Waals surface area contributed by atoms with Crippen molar-refractivity contribution in [3.8, 4) is 5.88 Å². The van der Waals surface area contributed by atoms with Crippen LogP contribution in [0.25, 0.3) is 10.2 Å². The highest BCUT2D eigenvalue weighted by molar-refractivity contribution is 7.19. The Kier molecular flexibility index (Phi) is 5.06. The fraction of sp³-hybridized carbons (Fsp3) is 0.526. The second-order valence-electron chi connectivity index (χ2n) is 6.90. The lowest BCUT2D eigenvalue weighted by Gasteiger charge is -2.23. The van der Waals surface area contributed by atoms with Crippen LogP contribution in [0.5, 0.6) is 5.88 Å². The minimum absolute atomic E-state index is 0.258. The lowest BCUT2D eigenvalue weighted by Crippen LogP contribution is -2.20. The van der Waals surface area contributed by atoms with Gasteiger partial charge in [0.25, 0.3) is 0 Å². The first-order chi connectivity index (χ1) is 12.8. The number of aryl methyl sites for hydroxylation is 2. The van der Waals surface area contributed by atoms with E-state index in [2.05, 4.69) is 10.3 Å². The summed E-state index contributed by atoms with van der Waals surface area (Å²) in [5, 5.41) is 4.28. The van der Waals surface area contributed by atoms with Gasteiger partial charge in [0.05, 0.1) is 11.1 Å². The average Bonchev–Trinajstić information content (AvgIpc) is 3.23. The second kappa shape index (κ2) is 7.61. The first kappa shape index (κ1) is 17.3. The van der Waals surface area contributed by atoms with Crippen LogP contribution in [0.2, 0.25) is 0 Å². The molecule has 0 bridgehead atoms. The number of nitrogens with one attached hydrogen (secondary N) is 1.